The van der Waals surface area contributed by atoms with Crippen LogP contribution in [0.4, 0.5) is 4.39 Å². The van der Waals surface area contributed by atoms with Crippen LogP contribution in [0.25, 0.3) is 0 Å². The first-order valence-electron chi connectivity index (χ1n) is 5.90. The van der Waals surface area contributed by atoms with Gasteiger partial charge in [0, 0.05) is 6.54 Å². The summed E-state index contributed by atoms with van der Waals surface area (Å²) in [5.74, 6) is -0.159. The number of benzene rings is 1. The molecule has 1 aromatic rings. The molecule has 0 spiro atoms. The van der Waals surface area contributed by atoms with Gasteiger partial charge in [0.1, 0.15) is 5.82 Å². The number of nitrogens with one attached hydrogen (secondary N) is 2. The largest absolute Gasteiger partial charge is 0.317 e. The van der Waals surface area contributed by atoms with Crippen LogP contribution in [-0.4, -0.2) is 19.6 Å². The quantitative estimate of drug-likeness (QED) is 0.694. The zero-order valence-electron chi connectivity index (χ0n) is 10.1. The first-order chi connectivity index (χ1) is 7.74. The maximum Gasteiger partial charge on any atom is 0.123 e. The van der Waals surface area contributed by atoms with Crippen molar-refractivity contribution in [3.8, 4) is 0 Å². The molecule has 16 heavy (non-hydrogen) atoms. The topological polar surface area (TPSA) is 24.1 Å². The summed E-state index contributed by atoms with van der Waals surface area (Å²) in [6.07, 6.45) is 1.12. The fourth-order valence-corrected chi connectivity index (χ4v) is 1.60. The van der Waals surface area contributed by atoms with Gasteiger partial charge < -0.3 is 10.6 Å². The lowest BCUT2D eigenvalue weighted by Crippen LogP contribution is -2.21. The third-order valence-electron chi connectivity index (χ3n) is 2.58. The molecule has 3 heteroatoms. The van der Waals surface area contributed by atoms with Gasteiger partial charge in [-0.1, -0.05) is 13.0 Å². The van der Waals surface area contributed by atoms with E-state index < -0.39 is 0 Å². The molecule has 0 radical (unpaired) electrons. The van der Waals surface area contributed by atoms with Gasteiger partial charge in [-0.25, -0.2) is 4.39 Å². The van der Waals surface area contributed by atoms with Gasteiger partial charge in [0.05, 0.1) is 0 Å². The lowest BCUT2D eigenvalue weighted by Gasteiger charge is -2.08. The highest BCUT2D eigenvalue weighted by Crippen LogP contribution is 2.09. The first kappa shape index (κ1) is 13.1. The number of hydrogen-bond donors (Lipinski definition) is 2. The van der Waals surface area contributed by atoms with Crippen molar-refractivity contribution < 1.29 is 4.39 Å². The lowest BCUT2D eigenvalue weighted by molar-refractivity contribution is 0.601. The molecule has 0 aliphatic rings. The molecular formula is C13H21FN2. The smallest absolute Gasteiger partial charge is 0.123 e. The maximum atomic E-state index is 12.8. The minimum atomic E-state index is -0.159. The van der Waals surface area contributed by atoms with E-state index in [0.29, 0.717) is 0 Å². The van der Waals surface area contributed by atoms with Crippen LogP contribution in [0.2, 0.25) is 0 Å². The van der Waals surface area contributed by atoms with Crippen LogP contribution >= 0.6 is 0 Å². The molecule has 2 nitrogen and oxygen atoms in total. The Labute approximate surface area is 97.3 Å². The Balaban J connectivity index is 2.21. The standard InChI is InChI=1S/C13H21FN2/c1-3-15-7-4-8-16-10-12-5-6-13(14)9-11(12)2/h5-6,9,15-16H,3-4,7-8,10H2,1-2H3. The van der Waals surface area contributed by atoms with Crippen molar-refractivity contribution in [2.45, 2.75) is 26.8 Å². The van der Waals surface area contributed by atoms with Crippen LogP contribution in [0.15, 0.2) is 18.2 Å². The summed E-state index contributed by atoms with van der Waals surface area (Å²) in [6.45, 7) is 7.93. The van der Waals surface area contributed by atoms with Crippen LogP contribution in [-0.2, 0) is 6.54 Å². The third-order valence-corrected chi connectivity index (χ3v) is 2.58. The Kier molecular flexibility index (Phi) is 6.04. The van der Waals surface area contributed by atoms with Crippen molar-refractivity contribution in [2.24, 2.45) is 0 Å². The zero-order chi connectivity index (χ0) is 11.8. The Hall–Kier alpha value is -0.930. The first-order valence-corrected chi connectivity index (χ1v) is 5.90. The van der Waals surface area contributed by atoms with Gasteiger partial charge in [-0.3, -0.25) is 0 Å². The van der Waals surface area contributed by atoms with E-state index >= 15 is 0 Å². The van der Waals surface area contributed by atoms with E-state index in [-0.39, 0.29) is 5.82 Å². The van der Waals surface area contributed by atoms with Gasteiger partial charge in [0.15, 0.2) is 0 Å². The van der Waals surface area contributed by atoms with E-state index in [1.165, 1.54) is 11.6 Å². The summed E-state index contributed by atoms with van der Waals surface area (Å²) in [5.41, 5.74) is 2.18. The van der Waals surface area contributed by atoms with Crippen LogP contribution in [0.5, 0.6) is 0 Å². The molecule has 0 aliphatic heterocycles. The number of aryl methyl sites for hydroxylation is 1. The molecule has 0 bridgehead atoms. The van der Waals surface area contributed by atoms with Crippen LogP contribution in [0.3, 0.4) is 0 Å². The maximum absolute atomic E-state index is 12.8. The van der Waals surface area contributed by atoms with Gasteiger partial charge in [-0.2, -0.15) is 0 Å². The molecule has 90 valence electrons. The SMILES string of the molecule is CCNCCCNCc1ccc(F)cc1C. The second-order valence-electron chi connectivity index (χ2n) is 3.95. The van der Waals surface area contributed by atoms with E-state index in [1.807, 2.05) is 13.0 Å². The molecule has 1 aromatic carbocycles. The van der Waals surface area contributed by atoms with Crippen molar-refractivity contribution in [3.63, 3.8) is 0 Å². The van der Waals surface area contributed by atoms with E-state index in [4.69, 9.17) is 0 Å². The molecule has 0 aliphatic carbocycles. The summed E-state index contributed by atoms with van der Waals surface area (Å²) in [4.78, 5) is 0. The molecule has 0 atom stereocenters. The molecule has 0 aromatic heterocycles. The molecule has 0 saturated carbocycles. The monoisotopic (exact) mass is 224 g/mol. The van der Waals surface area contributed by atoms with Gasteiger partial charge in [-0.05, 0) is 56.2 Å². The molecule has 0 saturated heterocycles. The molecule has 0 unspecified atom stereocenters. The summed E-state index contributed by atoms with van der Waals surface area (Å²) in [7, 11) is 0. The normalized spacial score (nSPS) is 10.7. The number of hydrogen-bond acceptors (Lipinski definition) is 2. The highest BCUT2D eigenvalue weighted by Gasteiger charge is 1.99. The number of rotatable bonds is 7. The van der Waals surface area contributed by atoms with Gasteiger partial charge in [-0.15, -0.1) is 0 Å². The summed E-state index contributed by atoms with van der Waals surface area (Å²) < 4.78 is 12.8. The zero-order valence-corrected chi connectivity index (χ0v) is 10.1. The average molecular weight is 224 g/mol. The van der Waals surface area contributed by atoms with E-state index in [0.717, 1.165) is 38.2 Å². The van der Waals surface area contributed by atoms with Crippen molar-refractivity contribution in [3.05, 3.63) is 35.1 Å². The summed E-state index contributed by atoms with van der Waals surface area (Å²) >= 11 is 0. The molecule has 2 N–H and O–H groups in total. The van der Waals surface area contributed by atoms with E-state index in [1.54, 1.807) is 6.07 Å². The molecular weight excluding hydrogens is 203 g/mol. The molecule has 0 amide bonds. The van der Waals surface area contributed by atoms with Crippen LogP contribution < -0.4 is 10.6 Å². The minimum Gasteiger partial charge on any atom is -0.317 e. The lowest BCUT2D eigenvalue weighted by atomic mass is 10.1. The van der Waals surface area contributed by atoms with Crippen LogP contribution in [0, 0.1) is 12.7 Å². The fourth-order valence-electron chi connectivity index (χ4n) is 1.60. The van der Waals surface area contributed by atoms with Gasteiger partial charge in [0.25, 0.3) is 0 Å². The third kappa shape index (κ3) is 4.73. The van der Waals surface area contributed by atoms with Crippen molar-refractivity contribution in [1.29, 1.82) is 0 Å². The predicted octanol–water partition coefficient (Wildman–Crippen LogP) is 2.22. The van der Waals surface area contributed by atoms with Gasteiger partial charge in [0.2, 0.25) is 0 Å². The van der Waals surface area contributed by atoms with Crippen molar-refractivity contribution >= 4 is 0 Å². The van der Waals surface area contributed by atoms with E-state index in [2.05, 4.69) is 17.6 Å². The Morgan fingerprint density at radius 2 is 1.94 bits per heavy atom. The number of halogens is 1. The highest BCUT2D eigenvalue weighted by molar-refractivity contribution is 5.26. The van der Waals surface area contributed by atoms with Crippen molar-refractivity contribution in [2.75, 3.05) is 19.6 Å². The Morgan fingerprint density at radius 1 is 1.19 bits per heavy atom. The molecule has 1 rings (SSSR count). The second kappa shape index (κ2) is 7.36. The Morgan fingerprint density at radius 3 is 2.62 bits per heavy atom. The predicted molar refractivity (Wildman–Crippen MR) is 66.0 cm³/mol. The minimum absolute atomic E-state index is 0.159. The van der Waals surface area contributed by atoms with Crippen LogP contribution in [0.1, 0.15) is 24.5 Å². The van der Waals surface area contributed by atoms with Crippen molar-refractivity contribution in [1.82, 2.24) is 10.6 Å². The average Bonchev–Trinajstić information content (AvgIpc) is 2.26. The second-order valence-corrected chi connectivity index (χ2v) is 3.95. The van der Waals surface area contributed by atoms with E-state index in [9.17, 15) is 4.39 Å². The molecule has 0 fully saturated rings. The summed E-state index contributed by atoms with van der Waals surface area (Å²) in [5, 5.41) is 6.63. The fraction of sp³-hybridized carbons (Fsp3) is 0.538. The summed E-state index contributed by atoms with van der Waals surface area (Å²) in [6, 6.07) is 4.94. The molecule has 0 heterocycles. The Bertz CT molecular complexity index is 313. The van der Waals surface area contributed by atoms with Gasteiger partial charge >= 0.3 is 0 Å². The highest BCUT2D eigenvalue weighted by atomic mass is 19.1.